The van der Waals surface area contributed by atoms with Gasteiger partial charge in [0.25, 0.3) is 0 Å². The lowest BCUT2D eigenvalue weighted by Gasteiger charge is -2.28. The van der Waals surface area contributed by atoms with Crippen molar-refractivity contribution in [2.24, 2.45) is 5.73 Å². The molecule has 0 aromatic heterocycles. The number of nitrogens with two attached hydrogens (primary N) is 1. The molecule has 1 aliphatic heterocycles. The Morgan fingerprint density at radius 3 is 2.26 bits per heavy atom. The van der Waals surface area contributed by atoms with Crippen LogP contribution in [0.25, 0.3) is 0 Å². The third-order valence-electron chi connectivity index (χ3n) is 4.25. The summed E-state index contributed by atoms with van der Waals surface area (Å²) in [6.07, 6.45) is 0.213. The molecule has 0 bridgehead atoms. The third kappa shape index (κ3) is 6.51. The van der Waals surface area contributed by atoms with Crippen LogP contribution >= 0.6 is 0 Å². The molecule has 4 atom stereocenters. The Morgan fingerprint density at radius 2 is 1.74 bits per heavy atom. The zero-order chi connectivity index (χ0) is 20.7. The average molecular weight is 386 g/mol. The van der Waals surface area contributed by atoms with Gasteiger partial charge in [-0.2, -0.15) is 0 Å². The van der Waals surface area contributed by atoms with Crippen molar-refractivity contribution in [2.75, 3.05) is 6.54 Å². The van der Waals surface area contributed by atoms with E-state index in [4.69, 9.17) is 10.8 Å². The van der Waals surface area contributed by atoms with E-state index < -0.39 is 53.8 Å². The number of rotatable bonds is 9. The third-order valence-corrected chi connectivity index (χ3v) is 4.25. The molecule has 11 heteroatoms. The summed E-state index contributed by atoms with van der Waals surface area (Å²) in [7, 11) is 0. The molecule has 152 valence electrons. The zero-order valence-corrected chi connectivity index (χ0v) is 15.3. The Kier molecular flexibility index (Phi) is 8.16. The molecule has 1 fully saturated rings. The highest BCUT2D eigenvalue weighted by Gasteiger charge is 2.38. The predicted molar refractivity (Wildman–Crippen MR) is 92.4 cm³/mol. The van der Waals surface area contributed by atoms with E-state index in [-0.39, 0.29) is 19.4 Å². The second kappa shape index (κ2) is 9.86. The first-order valence-corrected chi connectivity index (χ1v) is 8.66. The molecular formula is C16H26N4O7. The SMILES string of the molecule is CC(N)C(=O)NC(C)C(=O)NC(CCC(=O)O)C(=O)N1CCCC1C(=O)O. The van der Waals surface area contributed by atoms with Gasteiger partial charge in [0, 0.05) is 13.0 Å². The van der Waals surface area contributed by atoms with Gasteiger partial charge in [0.15, 0.2) is 0 Å². The fourth-order valence-corrected chi connectivity index (χ4v) is 2.72. The number of likely N-dealkylation sites (tertiary alicyclic amines) is 1. The molecule has 4 unspecified atom stereocenters. The Bertz CT molecular complexity index is 608. The normalized spacial score (nSPS) is 19.7. The van der Waals surface area contributed by atoms with Crippen LogP contribution < -0.4 is 16.4 Å². The highest BCUT2D eigenvalue weighted by Crippen LogP contribution is 2.19. The minimum absolute atomic E-state index is 0.198. The number of aliphatic carboxylic acids is 2. The van der Waals surface area contributed by atoms with E-state index in [1.165, 1.54) is 13.8 Å². The summed E-state index contributed by atoms with van der Waals surface area (Å²) in [5.74, 6) is -4.21. The van der Waals surface area contributed by atoms with Crippen molar-refractivity contribution in [3.63, 3.8) is 0 Å². The van der Waals surface area contributed by atoms with Gasteiger partial charge in [-0.25, -0.2) is 4.79 Å². The maximum absolute atomic E-state index is 12.7. The second-order valence-corrected chi connectivity index (χ2v) is 6.54. The average Bonchev–Trinajstić information content (AvgIpc) is 3.07. The maximum atomic E-state index is 12.7. The van der Waals surface area contributed by atoms with Gasteiger partial charge in [-0.1, -0.05) is 0 Å². The van der Waals surface area contributed by atoms with E-state index >= 15 is 0 Å². The topological polar surface area (TPSA) is 179 Å². The summed E-state index contributed by atoms with van der Waals surface area (Å²) < 4.78 is 0. The van der Waals surface area contributed by atoms with E-state index in [9.17, 15) is 29.1 Å². The van der Waals surface area contributed by atoms with Crippen LogP contribution in [0.2, 0.25) is 0 Å². The van der Waals surface area contributed by atoms with E-state index in [0.29, 0.717) is 12.8 Å². The summed E-state index contributed by atoms with van der Waals surface area (Å²) in [6.45, 7) is 3.05. The van der Waals surface area contributed by atoms with Crippen molar-refractivity contribution < 1.29 is 34.2 Å². The lowest BCUT2D eigenvalue weighted by Crippen LogP contribution is -2.56. The van der Waals surface area contributed by atoms with Crippen LogP contribution in [0.15, 0.2) is 0 Å². The summed E-state index contributed by atoms with van der Waals surface area (Å²) >= 11 is 0. The molecule has 27 heavy (non-hydrogen) atoms. The van der Waals surface area contributed by atoms with Gasteiger partial charge in [0.2, 0.25) is 17.7 Å². The minimum Gasteiger partial charge on any atom is -0.481 e. The molecule has 3 amide bonds. The number of carboxylic acid groups (broad SMARTS) is 2. The van der Waals surface area contributed by atoms with E-state index in [0.717, 1.165) is 4.90 Å². The van der Waals surface area contributed by atoms with E-state index in [1.54, 1.807) is 0 Å². The molecule has 0 radical (unpaired) electrons. The zero-order valence-electron chi connectivity index (χ0n) is 15.3. The van der Waals surface area contributed by atoms with Gasteiger partial charge in [-0.05, 0) is 33.1 Å². The molecule has 0 saturated carbocycles. The van der Waals surface area contributed by atoms with Gasteiger partial charge in [-0.3, -0.25) is 19.2 Å². The van der Waals surface area contributed by atoms with Crippen molar-refractivity contribution in [3.05, 3.63) is 0 Å². The smallest absolute Gasteiger partial charge is 0.326 e. The number of nitrogens with one attached hydrogen (secondary N) is 2. The van der Waals surface area contributed by atoms with Crippen LogP contribution in [0.4, 0.5) is 0 Å². The Balaban J connectivity index is 2.85. The molecule has 1 rings (SSSR count). The van der Waals surface area contributed by atoms with Crippen LogP contribution in [0.3, 0.4) is 0 Å². The molecule has 0 aliphatic carbocycles. The molecule has 1 aliphatic rings. The molecule has 11 nitrogen and oxygen atoms in total. The van der Waals surface area contributed by atoms with Crippen LogP contribution in [0.5, 0.6) is 0 Å². The first-order valence-electron chi connectivity index (χ1n) is 8.66. The number of nitrogens with zero attached hydrogens (tertiary/aromatic N) is 1. The summed E-state index contributed by atoms with van der Waals surface area (Å²) in [4.78, 5) is 59.9. The molecular weight excluding hydrogens is 360 g/mol. The lowest BCUT2D eigenvalue weighted by molar-refractivity contribution is -0.150. The van der Waals surface area contributed by atoms with Gasteiger partial charge < -0.3 is 31.5 Å². The Hall–Kier alpha value is -2.69. The number of carbonyl (C=O) groups excluding carboxylic acids is 3. The molecule has 1 heterocycles. The fourth-order valence-electron chi connectivity index (χ4n) is 2.72. The van der Waals surface area contributed by atoms with Crippen molar-refractivity contribution in [1.82, 2.24) is 15.5 Å². The van der Waals surface area contributed by atoms with Crippen molar-refractivity contribution >= 4 is 29.7 Å². The molecule has 0 aromatic carbocycles. The number of hydrogen-bond acceptors (Lipinski definition) is 6. The number of carboxylic acids is 2. The Labute approximate surface area is 156 Å². The molecule has 0 spiro atoms. The van der Waals surface area contributed by atoms with Crippen molar-refractivity contribution in [2.45, 2.75) is 63.7 Å². The van der Waals surface area contributed by atoms with Gasteiger partial charge in [0.05, 0.1) is 6.04 Å². The van der Waals surface area contributed by atoms with Crippen LogP contribution in [0.1, 0.15) is 39.5 Å². The molecule has 1 saturated heterocycles. The summed E-state index contributed by atoms with van der Waals surface area (Å²) in [5, 5.41) is 22.9. The molecule has 0 aromatic rings. The largest absolute Gasteiger partial charge is 0.481 e. The van der Waals surface area contributed by atoms with Crippen LogP contribution in [-0.4, -0.2) is 75.5 Å². The first-order chi connectivity index (χ1) is 12.5. The van der Waals surface area contributed by atoms with Gasteiger partial charge in [-0.15, -0.1) is 0 Å². The second-order valence-electron chi connectivity index (χ2n) is 6.54. The first kappa shape index (κ1) is 22.4. The lowest BCUT2D eigenvalue weighted by atomic mass is 10.1. The number of hydrogen-bond donors (Lipinski definition) is 5. The van der Waals surface area contributed by atoms with Crippen LogP contribution in [-0.2, 0) is 24.0 Å². The molecule has 6 N–H and O–H groups in total. The summed E-state index contributed by atoms with van der Waals surface area (Å²) in [5.41, 5.74) is 5.42. The van der Waals surface area contributed by atoms with E-state index in [1.807, 2.05) is 0 Å². The number of amides is 3. The summed E-state index contributed by atoms with van der Waals surface area (Å²) in [6, 6.07) is -4.04. The number of carbonyl (C=O) groups is 5. The van der Waals surface area contributed by atoms with Crippen molar-refractivity contribution in [1.29, 1.82) is 0 Å². The highest BCUT2D eigenvalue weighted by molar-refractivity contribution is 5.94. The van der Waals surface area contributed by atoms with Gasteiger partial charge >= 0.3 is 11.9 Å². The Morgan fingerprint density at radius 1 is 1.11 bits per heavy atom. The minimum atomic E-state index is -1.21. The monoisotopic (exact) mass is 386 g/mol. The van der Waals surface area contributed by atoms with E-state index in [2.05, 4.69) is 10.6 Å². The van der Waals surface area contributed by atoms with Crippen molar-refractivity contribution in [3.8, 4) is 0 Å². The standard InChI is InChI=1S/C16H26N4O7/c1-8(17)13(23)18-9(2)14(24)19-10(5-6-12(21)22)15(25)20-7-3-4-11(20)16(26)27/h8-11H,3-7,17H2,1-2H3,(H,18,23)(H,19,24)(H,21,22)(H,26,27). The van der Waals surface area contributed by atoms with Gasteiger partial charge in [0.1, 0.15) is 18.1 Å². The quantitative estimate of drug-likeness (QED) is 0.310. The fraction of sp³-hybridized carbons (Fsp3) is 0.688. The maximum Gasteiger partial charge on any atom is 0.326 e. The predicted octanol–water partition coefficient (Wildman–Crippen LogP) is -1.74. The van der Waals surface area contributed by atoms with Crippen LogP contribution in [0, 0.1) is 0 Å². The highest BCUT2D eigenvalue weighted by atomic mass is 16.4.